The van der Waals surface area contributed by atoms with Crippen LogP contribution in [0.5, 0.6) is 0 Å². The van der Waals surface area contributed by atoms with Crippen LogP contribution < -0.4 is 5.32 Å². The molecule has 2 atom stereocenters. The molecular formula is C14H21BrN2OS. The molecule has 1 aliphatic rings. The molecule has 5 heteroatoms. The molecule has 1 saturated heterocycles. The first-order chi connectivity index (χ1) is 9.10. The van der Waals surface area contributed by atoms with Crippen LogP contribution in [-0.2, 0) is 11.3 Å². The summed E-state index contributed by atoms with van der Waals surface area (Å²) in [6, 6.07) is 4.76. The molecule has 1 N–H and O–H groups in total. The second-order valence-electron chi connectivity index (χ2n) is 5.15. The van der Waals surface area contributed by atoms with Crippen molar-refractivity contribution in [3.05, 3.63) is 20.8 Å². The summed E-state index contributed by atoms with van der Waals surface area (Å²) in [4.78, 5) is 15.1. The number of thiophene rings is 1. The minimum Gasteiger partial charge on any atom is -0.342 e. The van der Waals surface area contributed by atoms with Gasteiger partial charge in [0.1, 0.15) is 0 Å². The van der Waals surface area contributed by atoms with Gasteiger partial charge >= 0.3 is 0 Å². The maximum atomic E-state index is 11.7. The Balaban J connectivity index is 1.81. The first-order valence-corrected chi connectivity index (χ1v) is 8.46. The van der Waals surface area contributed by atoms with Crippen LogP contribution in [0.15, 0.2) is 15.9 Å². The Hall–Kier alpha value is -0.390. The Morgan fingerprint density at radius 2 is 2.37 bits per heavy atom. The Labute approximate surface area is 127 Å². The molecule has 0 saturated carbocycles. The fourth-order valence-electron chi connectivity index (χ4n) is 2.58. The molecule has 106 valence electrons. The van der Waals surface area contributed by atoms with Crippen LogP contribution in [0.1, 0.15) is 31.6 Å². The quantitative estimate of drug-likeness (QED) is 0.909. The lowest BCUT2D eigenvalue weighted by molar-refractivity contribution is -0.132. The maximum absolute atomic E-state index is 11.7. The zero-order chi connectivity index (χ0) is 13.8. The lowest BCUT2D eigenvalue weighted by Crippen LogP contribution is -2.49. The van der Waals surface area contributed by atoms with E-state index < -0.39 is 0 Å². The molecule has 1 aromatic rings. The molecular weight excluding hydrogens is 324 g/mol. The van der Waals surface area contributed by atoms with Crippen molar-refractivity contribution >= 4 is 33.2 Å². The van der Waals surface area contributed by atoms with Crippen LogP contribution in [-0.4, -0.2) is 29.9 Å². The van der Waals surface area contributed by atoms with Gasteiger partial charge in [0, 0.05) is 37.0 Å². The maximum Gasteiger partial charge on any atom is 0.222 e. The van der Waals surface area contributed by atoms with E-state index in [0.29, 0.717) is 18.4 Å². The highest BCUT2D eigenvalue weighted by atomic mass is 79.9. The van der Waals surface area contributed by atoms with Gasteiger partial charge in [0.2, 0.25) is 5.91 Å². The second-order valence-corrected chi connectivity index (χ2v) is 7.70. The summed E-state index contributed by atoms with van der Waals surface area (Å²) in [5.41, 5.74) is 0. The fourth-order valence-corrected chi connectivity index (χ4v) is 4.01. The lowest BCUT2D eigenvalue weighted by atomic mass is 9.93. The smallest absolute Gasteiger partial charge is 0.222 e. The van der Waals surface area contributed by atoms with Crippen molar-refractivity contribution in [3.63, 3.8) is 0 Å². The topological polar surface area (TPSA) is 32.3 Å². The van der Waals surface area contributed by atoms with Gasteiger partial charge in [-0.1, -0.05) is 13.8 Å². The van der Waals surface area contributed by atoms with E-state index >= 15 is 0 Å². The van der Waals surface area contributed by atoms with E-state index in [4.69, 9.17) is 0 Å². The molecule has 1 amide bonds. The van der Waals surface area contributed by atoms with Gasteiger partial charge in [0.05, 0.1) is 3.79 Å². The standard InChI is InChI=1S/C14H21BrN2OS/c1-3-14(18)17-7-6-12(10(2)9-17)16-8-11-4-5-13(15)19-11/h4-5,10,12,16H,3,6-9H2,1-2H3/t10-,12-/m1/s1. The molecule has 1 aromatic heterocycles. The van der Waals surface area contributed by atoms with Crippen LogP contribution in [0, 0.1) is 5.92 Å². The van der Waals surface area contributed by atoms with Crippen molar-refractivity contribution in [2.75, 3.05) is 13.1 Å². The number of amides is 1. The Morgan fingerprint density at radius 1 is 1.58 bits per heavy atom. The number of piperidine rings is 1. The summed E-state index contributed by atoms with van der Waals surface area (Å²) in [6.07, 6.45) is 1.67. The number of carbonyl (C=O) groups excluding carboxylic acids is 1. The van der Waals surface area contributed by atoms with E-state index in [2.05, 4.69) is 40.3 Å². The first-order valence-electron chi connectivity index (χ1n) is 6.85. The number of carbonyl (C=O) groups is 1. The molecule has 1 fully saturated rings. The average molecular weight is 345 g/mol. The summed E-state index contributed by atoms with van der Waals surface area (Å²) in [5, 5.41) is 3.63. The number of hydrogen-bond acceptors (Lipinski definition) is 3. The van der Waals surface area contributed by atoms with Crippen molar-refractivity contribution in [2.45, 2.75) is 39.3 Å². The molecule has 19 heavy (non-hydrogen) atoms. The normalized spacial score (nSPS) is 23.6. The SMILES string of the molecule is CCC(=O)N1CC[C@@H](NCc2ccc(Br)s2)[C@H](C)C1. The van der Waals surface area contributed by atoms with Crippen molar-refractivity contribution in [1.82, 2.24) is 10.2 Å². The molecule has 0 aromatic carbocycles. The number of nitrogens with one attached hydrogen (secondary N) is 1. The molecule has 0 bridgehead atoms. The van der Waals surface area contributed by atoms with Crippen LogP contribution in [0.25, 0.3) is 0 Å². The van der Waals surface area contributed by atoms with Gasteiger partial charge in [0.15, 0.2) is 0 Å². The van der Waals surface area contributed by atoms with Gasteiger partial charge < -0.3 is 10.2 Å². The molecule has 0 spiro atoms. The zero-order valence-electron chi connectivity index (χ0n) is 11.5. The van der Waals surface area contributed by atoms with Crippen molar-refractivity contribution in [2.24, 2.45) is 5.92 Å². The number of nitrogens with zero attached hydrogens (tertiary/aromatic N) is 1. The van der Waals surface area contributed by atoms with Crippen LogP contribution in [0.3, 0.4) is 0 Å². The predicted molar refractivity (Wildman–Crippen MR) is 83.3 cm³/mol. The van der Waals surface area contributed by atoms with Gasteiger partial charge in [-0.3, -0.25) is 4.79 Å². The largest absolute Gasteiger partial charge is 0.342 e. The van der Waals surface area contributed by atoms with Gasteiger partial charge in [-0.15, -0.1) is 11.3 Å². The van der Waals surface area contributed by atoms with E-state index in [0.717, 1.165) is 26.1 Å². The molecule has 1 aliphatic heterocycles. The van der Waals surface area contributed by atoms with Crippen molar-refractivity contribution in [1.29, 1.82) is 0 Å². The highest BCUT2D eigenvalue weighted by Crippen LogP contribution is 2.23. The predicted octanol–water partition coefficient (Wildman–Crippen LogP) is 3.25. The number of rotatable bonds is 4. The van der Waals surface area contributed by atoms with Crippen LogP contribution in [0.2, 0.25) is 0 Å². The molecule has 0 radical (unpaired) electrons. The molecule has 2 rings (SSSR count). The third-order valence-electron chi connectivity index (χ3n) is 3.73. The fraction of sp³-hybridized carbons (Fsp3) is 0.643. The minimum atomic E-state index is 0.285. The zero-order valence-corrected chi connectivity index (χ0v) is 13.9. The lowest BCUT2D eigenvalue weighted by Gasteiger charge is -2.37. The highest BCUT2D eigenvalue weighted by Gasteiger charge is 2.27. The van der Waals surface area contributed by atoms with E-state index in [1.807, 2.05) is 11.8 Å². The number of likely N-dealkylation sites (tertiary alicyclic amines) is 1. The molecule has 2 heterocycles. The number of hydrogen-bond donors (Lipinski definition) is 1. The van der Waals surface area contributed by atoms with Crippen molar-refractivity contribution in [3.8, 4) is 0 Å². The second kappa shape index (κ2) is 6.86. The summed E-state index contributed by atoms with van der Waals surface area (Å²) >= 11 is 5.26. The van der Waals surface area contributed by atoms with Gasteiger partial charge in [0.25, 0.3) is 0 Å². The van der Waals surface area contributed by atoms with Crippen LogP contribution in [0.4, 0.5) is 0 Å². The summed E-state index contributed by atoms with van der Waals surface area (Å²) in [6.45, 7) is 6.87. The monoisotopic (exact) mass is 344 g/mol. The van der Waals surface area contributed by atoms with Gasteiger partial charge in [-0.2, -0.15) is 0 Å². The minimum absolute atomic E-state index is 0.285. The molecule has 0 aliphatic carbocycles. The molecule has 3 nitrogen and oxygen atoms in total. The van der Waals surface area contributed by atoms with E-state index in [1.54, 1.807) is 11.3 Å². The Bertz CT molecular complexity index is 435. The first kappa shape index (κ1) is 15.0. The third kappa shape index (κ3) is 4.04. The van der Waals surface area contributed by atoms with E-state index in [9.17, 15) is 4.79 Å². The summed E-state index contributed by atoms with van der Waals surface area (Å²) in [7, 11) is 0. The van der Waals surface area contributed by atoms with Gasteiger partial charge in [-0.25, -0.2) is 0 Å². The Morgan fingerprint density at radius 3 is 2.95 bits per heavy atom. The van der Waals surface area contributed by atoms with E-state index in [-0.39, 0.29) is 5.91 Å². The van der Waals surface area contributed by atoms with Crippen molar-refractivity contribution < 1.29 is 4.79 Å². The Kier molecular flexibility index (Phi) is 5.42. The summed E-state index contributed by atoms with van der Waals surface area (Å²) < 4.78 is 1.18. The number of halogens is 1. The average Bonchev–Trinajstić information content (AvgIpc) is 2.82. The van der Waals surface area contributed by atoms with Crippen LogP contribution >= 0.6 is 27.3 Å². The molecule has 0 unspecified atom stereocenters. The van der Waals surface area contributed by atoms with Gasteiger partial charge in [-0.05, 0) is 40.4 Å². The third-order valence-corrected chi connectivity index (χ3v) is 5.35. The van der Waals surface area contributed by atoms with E-state index in [1.165, 1.54) is 8.66 Å². The highest BCUT2D eigenvalue weighted by molar-refractivity contribution is 9.11. The summed E-state index contributed by atoms with van der Waals surface area (Å²) in [5.74, 6) is 0.806.